The standard InChI is InChI=1S/C24H24N2O3/c1-17(2)21-10-6-7-11-22(21)29-16-23(27)25-19-12-14-20(15-13-19)26-24(28)18-8-4-3-5-9-18/h3-15,17H,16H2,1-2H3,(H,25,27)(H,26,28). The van der Waals surface area contributed by atoms with Gasteiger partial charge in [-0.25, -0.2) is 0 Å². The van der Waals surface area contributed by atoms with Gasteiger partial charge in [0.15, 0.2) is 6.61 Å². The molecule has 0 saturated heterocycles. The summed E-state index contributed by atoms with van der Waals surface area (Å²) in [6.07, 6.45) is 0. The second-order valence-electron chi connectivity index (χ2n) is 6.93. The number of anilines is 2. The molecule has 3 aromatic rings. The van der Waals surface area contributed by atoms with Crippen molar-refractivity contribution in [3.8, 4) is 5.75 Å². The molecule has 0 radical (unpaired) electrons. The first-order valence-electron chi connectivity index (χ1n) is 9.51. The zero-order valence-electron chi connectivity index (χ0n) is 16.5. The summed E-state index contributed by atoms with van der Waals surface area (Å²) in [5.41, 5.74) is 2.94. The van der Waals surface area contributed by atoms with E-state index in [1.165, 1.54) is 0 Å². The van der Waals surface area contributed by atoms with E-state index in [4.69, 9.17) is 4.74 Å². The molecule has 148 valence electrons. The number of carbonyl (C=O) groups is 2. The van der Waals surface area contributed by atoms with Crippen molar-refractivity contribution in [3.05, 3.63) is 90.0 Å². The van der Waals surface area contributed by atoms with E-state index >= 15 is 0 Å². The van der Waals surface area contributed by atoms with E-state index in [0.717, 1.165) is 11.3 Å². The average molecular weight is 388 g/mol. The van der Waals surface area contributed by atoms with Gasteiger partial charge in [0.25, 0.3) is 11.8 Å². The monoisotopic (exact) mass is 388 g/mol. The summed E-state index contributed by atoms with van der Waals surface area (Å²) in [4.78, 5) is 24.4. The Balaban J connectivity index is 1.53. The molecular weight excluding hydrogens is 364 g/mol. The molecule has 5 heteroatoms. The number of benzene rings is 3. The van der Waals surface area contributed by atoms with Gasteiger partial charge in [-0.1, -0.05) is 50.2 Å². The highest BCUT2D eigenvalue weighted by atomic mass is 16.5. The second-order valence-corrected chi connectivity index (χ2v) is 6.93. The van der Waals surface area contributed by atoms with Gasteiger partial charge >= 0.3 is 0 Å². The fraction of sp³-hybridized carbons (Fsp3) is 0.167. The van der Waals surface area contributed by atoms with Crippen molar-refractivity contribution in [1.82, 2.24) is 0 Å². The molecule has 0 aromatic heterocycles. The fourth-order valence-corrected chi connectivity index (χ4v) is 2.86. The lowest BCUT2D eigenvalue weighted by atomic mass is 10.0. The van der Waals surface area contributed by atoms with Crippen LogP contribution in [0.15, 0.2) is 78.9 Å². The maximum absolute atomic E-state index is 12.2. The van der Waals surface area contributed by atoms with Crippen LogP contribution in [0, 0.1) is 0 Å². The molecule has 0 bridgehead atoms. The van der Waals surface area contributed by atoms with Crippen molar-refractivity contribution in [2.75, 3.05) is 17.2 Å². The van der Waals surface area contributed by atoms with E-state index in [2.05, 4.69) is 24.5 Å². The minimum Gasteiger partial charge on any atom is -0.483 e. The van der Waals surface area contributed by atoms with Crippen LogP contribution in [0.2, 0.25) is 0 Å². The number of amides is 2. The molecule has 0 fully saturated rings. The van der Waals surface area contributed by atoms with E-state index < -0.39 is 0 Å². The van der Waals surface area contributed by atoms with Crippen LogP contribution in [-0.2, 0) is 4.79 Å². The number of hydrogen-bond acceptors (Lipinski definition) is 3. The van der Waals surface area contributed by atoms with E-state index in [1.54, 1.807) is 36.4 Å². The molecule has 0 aliphatic heterocycles. The molecule has 5 nitrogen and oxygen atoms in total. The minimum absolute atomic E-state index is 0.0732. The van der Waals surface area contributed by atoms with Crippen LogP contribution in [0.1, 0.15) is 35.7 Å². The maximum Gasteiger partial charge on any atom is 0.262 e. The first-order chi connectivity index (χ1) is 14.0. The Kier molecular flexibility index (Phi) is 6.63. The molecule has 0 aliphatic rings. The largest absolute Gasteiger partial charge is 0.483 e. The number of para-hydroxylation sites is 1. The molecule has 2 N–H and O–H groups in total. The van der Waals surface area contributed by atoms with Gasteiger partial charge in [0.2, 0.25) is 0 Å². The van der Waals surface area contributed by atoms with Crippen molar-refractivity contribution in [3.63, 3.8) is 0 Å². The third-order valence-corrected chi connectivity index (χ3v) is 4.36. The summed E-state index contributed by atoms with van der Waals surface area (Å²) < 4.78 is 5.69. The van der Waals surface area contributed by atoms with Crippen LogP contribution < -0.4 is 15.4 Å². The van der Waals surface area contributed by atoms with E-state index in [0.29, 0.717) is 22.9 Å². The first-order valence-corrected chi connectivity index (χ1v) is 9.51. The van der Waals surface area contributed by atoms with Crippen LogP contribution in [0.4, 0.5) is 11.4 Å². The number of ether oxygens (including phenoxy) is 1. The lowest BCUT2D eigenvalue weighted by molar-refractivity contribution is -0.118. The summed E-state index contributed by atoms with van der Waals surface area (Å²) in [6.45, 7) is 4.09. The zero-order valence-corrected chi connectivity index (χ0v) is 16.5. The van der Waals surface area contributed by atoms with E-state index in [-0.39, 0.29) is 18.4 Å². The Bertz CT molecular complexity index is 967. The molecule has 0 spiro atoms. The van der Waals surface area contributed by atoms with Crippen molar-refractivity contribution in [2.45, 2.75) is 19.8 Å². The van der Waals surface area contributed by atoms with Crippen molar-refractivity contribution in [2.24, 2.45) is 0 Å². The summed E-state index contributed by atoms with van der Waals surface area (Å²) >= 11 is 0. The predicted molar refractivity (Wildman–Crippen MR) is 115 cm³/mol. The van der Waals surface area contributed by atoms with E-state index in [9.17, 15) is 9.59 Å². The molecule has 3 aromatic carbocycles. The van der Waals surface area contributed by atoms with Crippen molar-refractivity contribution >= 4 is 23.2 Å². The van der Waals surface area contributed by atoms with Gasteiger partial charge in [0, 0.05) is 16.9 Å². The number of hydrogen-bond donors (Lipinski definition) is 2. The molecule has 29 heavy (non-hydrogen) atoms. The summed E-state index contributed by atoms with van der Waals surface area (Å²) in [5.74, 6) is 0.605. The number of carbonyl (C=O) groups excluding carboxylic acids is 2. The highest BCUT2D eigenvalue weighted by Crippen LogP contribution is 2.25. The lowest BCUT2D eigenvalue weighted by Crippen LogP contribution is -2.20. The first kappa shape index (κ1) is 20.1. The van der Waals surface area contributed by atoms with Gasteiger partial charge in [0.05, 0.1) is 0 Å². The highest BCUT2D eigenvalue weighted by molar-refractivity contribution is 6.04. The van der Waals surface area contributed by atoms with Crippen LogP contribution in [0.3, 0.4) is 0 Å². The average Bonchev–Trinajstić information content (AvgIpc) is 2.74. The van der Waals surface area contributed by atoms with Gasteiger partial charge < -0.3 is 15.4 Å². The predicted octanol–water partition coefficient (Wildman–Crippen LogP) is 5.08. The second kappa shape index (κ2) is 9.55. The Labute approximate surface area is 170 Å². The normalized spacial score (nSPS) is 10.4. The Morgan fingerprint density at radius 2 is 1.38 bits per heavy atom. The smallest absolute Gasteiger partial charge is 0.262 e. The number of nitrogens with one attached hydrogen (secondary N) is 2. The zero-order chi connectivity index (χ0) is 20.6. The lowest BCUT2D eigenvalue weighted by Gasteiger charge is -2.14. The van der Waals surface area contributed by atoms with Crippen LogP contribution >= 0.6 is 0 Å². The SMILES string of the molecule is CC(C)c1ccccc1OCC(=O)Nc1ccc(NC(=O)c2ccccc2)cc1. The van der Waals surface area contributed by atoms with Gasteiger partial charge in [-0.05, 0) is 53.9 Å². The minimum atomic E-state index is -0.246. The third kappa shape index (κ3) is 5.69. The summed E-state index contributed by atoms with van der Waals surface area (Å²) in [6, 6.07) is 23.7. The van der Waals surface area contributed by atoms with Crippen LogP contribution in [-0.4, -0.2) is 18.4 Å². The Morgan fingerprint density at radius 1 is 0.793 bits per heavy atom. The van der Waals surface area contributed by atoms with Gasteiger partial charge in [-0.15, -0.1) is 0 Å². The fourth-order valence-electron chi connectivity index (χ4n) is 2.86. The third-order valence-electron chi connectivity index (χ3n) is 4.36. The maximum atomic E-state index is 12.2. The molecular formula is C24H24N2O3. The number of rotatable bonds is 7. The van der Waals surface area contributed by atoms with Crippen LogP contribution in [0.25, 0.3) is 0 Å². The van der Waals surface area contributed by atoms with Gasteiger partial charge in [-0.3, -0.25) is 9.59 Å². The molecule has 2 amide bonds. The van der Waals surface area contributed by atoms with Gasteiger partial charge in [0.1, 0.15) is 5.75 Å². The Morgan fingerprint density at radius 3 is 2.03 bits per heavy atom. The van der Waals surface area contributed by atoms with Crippen LogP contribution in [0.5, 0.6) is 5.75 Å². The molecule has 3 rings (SSSR count). The molecule has 0 atom stereocenters. The molecule has 0 unspecified atom stereocenters. The summed E-state index contributed by atoms with van der Waals surface area (Å²) in [5, 5.41) is 5.62. The Hall–Kier alpha value is -3.60. The van der Waals surface area contributed by atoms with Crippen molar-refractivity contribution in [1.29, 1.82) is 0 Å². The molecule has 0 aliphatic carbocycles. The highest BCUT2D eigenvalue weighted by Gasteiger charge is 2.10. The quantitative estimate of drug-likeness (QED) is 0.593. The molecule has 0 heterocycles. The summed E-state index contributed by atoms with van der Waals surface area (Å²) in [7, 11) is 0. The van der Waals surface area contributed by atoms with Crippen molar-refractivity contribution < 1.29 is 14.3 Å². The topological polar surface area (TPSA) is 67.4 Å². The van der Waals surface area contributed by atoms with Gasteiger partial charge in [-0.2, -0.15) is 0 Å². The van der Waals surface area contributed by atoms with E-state index in [1.807, 2.05) is 42.5 Å². The molecule has 0 saturated carbocycles.